The normalized spacial score (nSPS) is 20.9. The largest absolute Gasteiger partial charge is 0.375 e. The van der Waals surface area contributed by atoms with Gasteiger partial charge in [0.15, 0.2) is 0 Å². The van der Waals surface area contributed by atoms with Gasteiger partial charge in [0.25, 0.3) is 0 Å². The van der Waals surface area contributed by atoms with Crippen molar-refractivity contribution in [1.29, 1.82) is 0 Å². The Bertz CT molecular complexity index is 698. The zero-order valence-corrected chi connectivity index (χ0v) is 14.4. The molecule has 0 aliphatic carbocycles. The minimum absolute atomic E-state index is 0.0551. The average molecular weight is 328 g/mol. The summed E-state index contributed by atoms with van der Waals surface area (Å²) in [6, 6.07) is 10.0. The lowest BCUT2D eigenvalue weighted by Gasteiger charge is -2.37. The molecule has 2 heterocycles. The topological polar surface area (TPSA) is 59.4 Å². The van der Waals surface area contributed by atoms with Crippen molar-refractivity contribution in [3.05, 3.63) is 42.1 Å². The molecular weight excluding hydrogens is 304 g/mol. The van der Waals surface area contributed by atoms with Crippen molar-refractivity contribution in [2.24, 2.45) is 7.05 Å². The molecule has 0 unspecified atom stereocenters. The van der Waals surface area contributed by atoms with Crippen LogP contribution in [-0.2, 0) is 18.3 Å². The number of aromatic nitrogens is 2. The predicted molar refractivity (Wildman–Crippen MR) is 92.5 cm³/mol. The van der Waals surface area contributed by atoms with Crippen LogP contribution in [0.3, 0.4) is 0 Å². The highest BCUT2D eigenvalue weighted by molar-refractivity contribution is 5.75. The first kappa shape index (κ1) is 16.5. The van der Waals surface area contributed by atoms with Crippen LogP contribution in [0.2, 0.25) is 0 Å². The van der Waals surface area contributed by atoms with E-state index in [1.807, 2.05) is 62.3 Å². The van der Waals surface area contributed by atoms with Gasteiger partial charge in [0.2, 0.25) is 0 Å². The van der Waals surface area contributed by atoms with Crippen LogP contribution in [-0.4, -0.2) is 46.0 Å². The minimum atomic E-state index is -0.0551. The minimum Gasteiger partial charge on any atom is -0.375 e. The van der Waals surface area contributed by atoms with Gasteiger partial charge in [0.1, 0.15) is 0 Å². The van der Waals surface area contributed by atoms with E-state index in [0.717, 1.165) is 16.8 Å². The first-order chi connectivity index (χ1) is 11.6. The van der Waals surface area contributed by atoms with Crippen LogP contribution in [0.5, 0.6) is 0 Å². The molecular formula is C18H24N4O2. The standard InChI is InChI=1S/C18H24N4O2/c1-13-14(2)24-10-9-22(13)18(23)19-11-16-12-21(3)20-17(16)15-7-5-4-6-8-15/h4-8,12-14H,9-11H2,1-3H3,(H,19,23)/t13-,14+/m0/s1. The SMILES string of the molecule is C[C@H]1OCCN(C(=O)NCc2cn(C)nc2-c2ccccc2)[C@H]1C. The smallest absolute Gasteiger partial charge is 0.318 e. The van der Waals surface area contributed by atoms with E-state index in [4.69, 9.17) is 4.74 Å². The van der Waals surface area contributed by atoms with Crippen molar-refractivity contribution >= 4 is 6.03 Å². The molecule has 24 heavy (non-hydrogen) atoms. The molecule has 1 N–H and O–H groups in total. The lowest BCUT2D eigenvalue weighted by Crippen LogP contribution is -2.54. The maximum Gasteiger partial charge on any atom is 0.318 e. The molecule has 1 aromatic carbocycles. The van der Waals surface area contributed by atoms with E-state index in [-0.39, 0.29) is 18.2 Å². The highest BCUT2D eigenvalue weighted by Crippen LogP contribution is 2.21. The molecule has 1 fully saturated rings. The van der Waals surface area contributed by atoms with Crippen molar-refractivity contribution in [3.8, 4) is 11.3 Å². The molecule has 0 saturated carbocycles. The van der Waals surface area contributed by atoms with Crippen LogP contribution >= 0.6 is 0 Å². The molecule has 6 nitrogen and oxygen atoms in total. The van der Waals surface area contributed by atoms with E-state index in [2.05, 4.69) is 10.4 Å². The second-order valence-electron chi connectivity index (χ2n) is 6.21. The Kier molecular flexibility index (Phi) is 4.85. The molecule has 1 saturated heterocycles. The van der Waals surface area contributed by atoms with Crippen LogP contribution in [0.4, 0.5) is 4.79 Å². The van der Waals surface area contributed by atoms with Gasteiger partial charge >= 0.3 is 6.03 Å². The van der Waals surface area contributed by atoms with E-state index in [0.29, 0.717) is 19.7 Å². The lowest BCUT2D eigenvalue weighted by molar-refractivity contribution is -0.0376. The van der Waals surface area contributed by atoms with Crippen LogP contribution in [0.15, 0.2) is 36.5 Å². The first-order valence-electron chi connectivity index (χ1n) is 8.30. The molecule has 6 heteroatoms. The lowest BCUT2D eigenvalue weighted by atomic mass is 10.1. The number of amides is 2. The van der Waals surface area contributed by atoms with Crippen LogP contribution in [0.1, 0.15) is 19.4 Å². The summed E-state index contributed by atoms with van der Waals surface area (Å²) < 4.78 is 7.36. The Morgan fingerprint density at radius 1 is 1.33 bits per heavy atom. The number of rotatable bonds is 3. The molecule has 0 bridgehead atoms. The molecule has 1 aromatic heterocycles. The molecule has 0 spiro atoms. The summed E-state index contributed by atoms with van der Waals surface area (Å²) >= 11 is 0. The summed E-state index contributed by atoms with van der Waals surface area (Å²) in [5.41, 5.74) is 2.96. The van der Waals surface area contributed by atoms with Gasteiger partial charge < -0.3 is 15.0 Å². The number of nitrogens with one attached hydrogen (secondary N) is 1. The van der Waals surface area contributed by atoms with Crippen LogP contribution in [0, 0.1) is 0 Å². The molecule has 1 aliphatic heterocycles. The summed E-state index contributed by atoms with van der Waals surface area (Å²) in [6.45, 7) is 5.67. The average Bonchev–Trinajstić information content (AvgIpc) is 2.97. The molecule has 2 aromatic rings. The van der Waals surface area contributed by atoms with Gasteiger partial charge in [-0.2, -0.15) is 5.10 Å². The number of carbonyl (C=O) groups excluding carboxylic acids is 1. The van der Waals surface area contributed by atoms with E-state index >= 15 is 0 Å². The molecule has 2 amide bonds. The maximum absolute atomic E-state index is 12.5. The van der Waals surface area contributed by atoms with Crippen molar-refractivity contribution in [1.82, 2.24) is 20.0 Å². The van der Waals surface area contributed by atoms with Gasteiger partial charge in [-0.3, -0.25) is 4.68 Å². The number of morpholine rings is 1. The predicted octanol–water partition coefficient (Wildman–Crippen LogP) is 2.41. The monoisotopic (exact) mass is 328 g/mol. The number of urea groups is 1. The Hall–Kier alpha value is -2.34. The Balaban J connectivity index is 1.70. The fraction of sp³-hybridized carbons (Fsp3) is 0.444. The van der Waals surface area contributed by atoms with Gasteiger partial charge in [-0.1, -0.05) is 30.3 Å². The number of ether oxygens (including phenoxy) is 1. The van der Waals surface area contributed by atoms with E-state index < -0.39 is 0 Å². The van der Waals surface area contributed by atoms with Crippen LogP contribution in [0.25, 0.3) is 11.3 Å². The number of aryl methyl sites for hydroxylation is 1. The number of carbonyl (C=O) groups is 1. The summed E-state index contributed by atoms with van der Waals surface area (Å²) in [5.74, 6) is 0. The highest BCUT2D eigenvalue weighted by atomic mass is 16.5. The van der Waals surface area contributed by atoms with Gasteiger partial charge in [0.05, 0.1) is 24.4 Å². The molecule has 3 rings (SSSR count). The van der Waals surface area contributed by atoms with E-state index in [9.17, 15) is 4.79 Å². The molecule has 128 valence electrons. The van der Waals surface area contributed by atoms with Crippen molar-refractivity contribution in [2.45, 2.75) is 32.5 Å². The van der Waals surface area contributed by atoms with E-state index in [1.165, 1.54) is 0 Å². The van der Waals surface area contributed by atoms with Gasteiger partial charge in [-0.25, -0.2) is 4.79 Å². The van der Waals surface area contributed by atoms with Crippen LogP contribution < -0.4 is 5.32 Å². The fourth-order valence-corrected chi connectivity index (χ4v) is 3.00. The number of nitrogens with zero attached hydrogens (tertiary/aromatic N) is 3. The quantitative estimate of drug-likeness (QED) is 0.941. The third kappa shape index (κ3) is 3.43. The van der Waals surface area contributed by atoms with E-state index in [1.54, 1.807) is 4.68 Å². The fourth-order valence-electron chi connectivity index (χ4n) is 3.00. The Morgan fingerprint density at radius 2 is 2.08 bits per heavy atom. The molecule has 1 aliphatic rings. The van der Waals surface area contributed by atoms with Crippen molar-refractivity contribution in [3.63, 3.8) is 0 Å². The molecule has 2 atom stereocenters. The highest BCUT2D eigenvalue weighted by Gasteiger charge is 2.29. The Morgan fingerprint density at radius 3 is 2.83 bits per heavy atom. The zero-order chi connectivity index (χ0) is 17.1. The van der Waals surface area contributed by atoms with Gasteiger partial charge in [-0.05, 0) is 13.8 Å². The van der Waals surface area contributed by atoms with Crippen molar-refractivity contribution in [2.75, 3.05) is 13.2 Å². The number of benzene rings is 1. The summed E-state index contributed by atoms with van der Waals surface area (Å²) in [7, 11) is 1.89. The zero-order valence-electron chi connectivity index (χ0n) is 14.4. The number of hydrogen-bond donors (Lipinski definition) is 1. The van der Waals surface area contributed by atoms with Crippen molar-refractivity contribution < 1.29 is 9.53 Å². The summed E-state index contributed by atoms with van der Waals surface area (Å²) in [4.78, 5) is 14.4. The third-order valence-corrected chi connectivity index (χ3v) is 4.53. The number of hydrogen-bond acceptors (Lipinski definition) is 3. The second-order valence-corrected chi connectivity index (χ2v) is 6.21. The first-order valence-corrected chi connectivity index (χ1v) is 8.30. The maximum atomic E-state index is 12.5. The summed E-state index contributed by atoms with van der Waals surface area (Å²) in [6.07, 6.45) is 2.01. The Labute approximate surface area is 142 Å². The second kappa shape index (κ2) is 7.05. The third-order valence-electron chi connectivity index (χ3n) is 4.53. The van der Waals surface area contributed by atoms with Gasteiger partial charge in [-0.15, -0.1) is 0 Å². The summed E-state index contributed by atoms with van der Waals surface area (Å²) in [5, 5.41) is 7.55. The molecule has 0 radical (unpaired) electrons. The van der Waals surface area contributed by atoms with Gasteiger partial charge in [0, 0.05) is 37.5 Å².